The topological polar surface area (TPSA) is 18.8 Å². The first-order chi connectivity index (χ1) is 4.75. The first-order valence-corrected chi connectivity index (χ1v) is 3.36. The van der Waals surface area contributed by atoms with Crippen molar-refractivity contribution in [3.05, 3.63) is 12.8 Å². The van der Waals surface area contributed by atoms with Gasteiger partial charge in [0.2, 0.25) is 5.96 Å². The monoisotopic (exact) mass is 139 g/mol. The van der Waals surface area contributed by atoms with E-state index in [1.165, 1.54) is 0 Å². The van der Waals surface area contributed by atoms with Gasteiger partial charge in [-0.15, -0.1) is 0 Å². The number of nitrogens with zero attached hydrogens (tertiary/aromatic N) is 3. The molecule has 0 aromatic rings. The van der Waals surface area contributed by atoms with E-state index < -0.39 is 0 Å². The molecule has 56 valence electrons. The van der Waals surface area contributed by atoms with E-state index in [1.807, 2.05) is 14.1 Å². The summed E-state index contributed by atoms with van der Waals surface area (Å²) in [6.07, 6.45) is 1.58. The Balaban J connectivity index is 2.71. The summed E-state index contributed by atoms with van der Waals surface area (Å²) in [6.45, 7) is 5.67. The summed E-state index contributed by atoms with van der Waals surface area (Å²) in [5.74, 6) is 1.01. The Hall–Kier alpha value is -0.990. The predicted octanol–water partition coefficient (Wildman–Crippen LogP) is 0.363. The van der Waals surface area contributed by atoms with Crippen LogP contribution >= 0.6 is 0 Å². The first kappa shape index (κ1) is 7.12. The molecule has 0 amide bonds. The highest BCUT2D eigenvalue weighted by Crippen LogP contribution is 2.02. The molecule has 1 heterocycles. The number of guanidine groups is 1. The minimum atomic E-state index is 1.01. The molecule has 3 heteroatoms. The minimum absolute atomic E-state index is 1.01. The summed E-state index contributed by atoms with van der Waals surface area (Å²) in [5.41, 5.74) is 0. The summed E-state index contributed by atoms with van der Waals surface area (Å²) in [6, 6.07) is 0. The zero-order valence-corrected chi connectivity index (χ0v) is 6.54. The molecule has 0 bridgehead atoms. The van der Waals surface area contributed by atoms with E-state index in [1.54, 1.807) is 6.20 Å². The molecule has 0 saturated carbocycles. The number of rotatable bonds is 1. The third-order valence-corrected chi connectivity index (χ3v) is 1.66. The van der Waals surface area contributed by atoms with Crippen molar-refractivity contribution in [2.24, 2.45) is 4.99 Å². The number of aliphatic imine (C=N–C) groups is 1. The van der Waals surface area contributed by atoms with Gasteiger partial charge in [-0.1, -0.05) is 6.58 Å². The SMILES string of the molecule is C=CN=C1N(C)CCN1C. The van der Waals surface area contributed by atoms with E-state index >= 15 is 0 Å². The largest absolute Gasteiger partial charge is 0.344 e. The molecule has 0 spiro atoms. The molecule has 10 heavy (non-hydrogen) atoms. The Bertz CT molecular complexity index is 150. The van der Waals surface area contributed by atoms with Crippen LogP contribution in [0, 0.1) is 0 Å². The molecule has 1 fully saturated rings. The van der Waals surface area contributed by atoms with E-state index in [0.29, 0.717) is 0 Å². The van der Waals surface area contributed by atoms with Gasteiger partial charge in [0.25, 0.3) is 0 Å². The minimum Gasteiger partial charge on any atom is -0.344 e. The lowest BCUT2D eigenvalue weighted by Crippen LogP contribution is -2.27. The zero-order chi connectivity index (χ0) is 7.56. The lowest BCUT2D eigenvalue weighted by molar-refractivity contribution is 0.553. The van der Waals surface area contributed by atoms with Gasteiger partial charge in [0.05, 0.1) is 0 Å². The maximum absolute atomic E-state index is 4.12. The molecule has 0 N–H and O–H groups in total. The summed E-state index contributed by atoms with van der Waals surface area (Å²) < 4.78 is 0. The van der Waals surface area contributed by atoms with Crippen molar-refractivity contribution in [2.75, 3.05) is 27.2 Å². The Morgan fingerprint density at radius 1 is 1.40 bits per heavy atom. The number of likely N-dealkylation sites (N-methyl/N-ethyl adjacent to an activating group) is 2. The predicted molar refractivity (Wildman–Crippen MR) is 42.9 cm³/mol. The smallest absolute Gasteiger partial charge is 0.200 e. The normalized spacial score (nSPS) is 18.0. The lowest BCUT2D eigenvalue weighted by atomic mass is 10.6. The molecule has 3 nitrogen and oxygen atoms in total. The second-order valence-electron chi connectivity index (χ2n) is 2.45. The fourth-order valence-corrected chi connectivity index (χ4v) is 1.07. The Labute approximate surface area is 61.6 Å². The van der Waals surface area contributed by atoms with Gasteiger partial charge in [-0.25, -0.2) is 4.99 Å². The highest BCUT2D eigenvalue weighted by Gasteiger charge is 2.18. The fourth-order valence-electron chi connectivity index (χ4n) is 1.07. The van der Waals surface area contributed by atoms with Gasteiger partial charge in [0.15, 0.2) is 0 Å². The van der Waals surface area contributed by atoms with Crippen molar-refractivity contribution < 1.29 is 0 Å². The van der Waals surface area contributed by atoms with E-state index in [9.17, 15) is 0 Å². The van der Waals surface area contributed by atoms with Gasteiger partial charge in [0, 0.05) is 33.4 Å². The summed E-state index contributed by atoms with van der Waals surface area (Å²) in [7, 11) is 4.07. The van der Waals surface area contributed by atoms with Crippen LogP contribution in [0.2, 0.25) is 0 Å². The molecule has 1 saturated heterocycles. The second kappa shape index (κ2) is 2.73. The van der Waals surface area contributed by atoms with E-state index in [0.717, 1.165) is 19.0 Å². The second-order valence-corrected chi connectivity index (χ2v) is 2.45. The van der Waals surface area contributed by atoms with Crippen molar-refractivity contribution in [3.63, 3.8) is 0 Å². The van der Waals surface area contributed by atoms with Crippen LogP contribution in [-0.4, -0.2) is 42.9 Å². The van der Waals surface area contributed by atoms with Crippen LogP contribution < -0.4 is 0 Å². The Kier molecular flexibility index (Phi) is 1.94. The lowest BCUT2D eigenvalue weighted by Gasteiger charge is -2.14. The van der Waals surface area contributed by atoms with E-state index in [2.05, 4.69) is 21.4 Å². The van der Waals surface area contributed by atoms with Crippen LogP contribution in [0.5, 0.6) is 0 Å². The van der Waals surface area contributed by atoms with Crippen molar-refractivity contribution in [2.45, 2.75) is 0 Å². The molecular formula is C7H13N3. The molecule has 1 aliphatic rings. The van der Waals surface area contributed by atoms with Crippen LogP contribution in [0.15, 0.2) is 17.8 Å². The molecule has 0 atom stereocenters. The summed E-state index contributed by atoms with van der Waals surface area (Å²) >= 11 is 0. The first-order valence-electron chi connectivity index (χ1n) is 3.36. The van der Waals surface area contributed by atoms with Crippen molar-refractivity contribution in [1.29, 1.82) is 0 Å². The molecule has 0 radical (unpaired) electrons. The van der Waals surface area contributed by atoms with Crippen molar-refractivity contribution >= 4 is 5.96 Å². The third-order valence-electron chi connectivity index (χ3n) is 1.66. The molecular weight excluding hydrogens is 126 g/mol. The third kappa shape index (κ3) is 1.12. The fraction of sp³-hybridized carbons (Fsp3) is 0.571. The molecule has 0 unspecified atom stereocenters. The molecule has 0 aromatic carbocycles. The zero-order valence-electron chi connectivity index (χ0n) is 6.54. The average molecular weight is 139 g/mol. The maximum atomic E-state index is 4.12. The van der Waals surface area contributed by atoms with Gasteiger partial charge in [0.1, 0.15) is 0 Å². The van der Waals surface area contributed by atoms with Crippen LogP contribution in [0.3, 0.4) is 0 Å². The van der Waals surface area contributed by atoms with Crippen LogP contribution in [-0.2, 0) is 0 Å². The van der Waals surface area contributed by atoms with Gasteiger partial charge < -0.3 is 9.80 Å². The van der Waals surface area contributed by atoms with Gasteiger partial charge in [-0.2, -0.15) is 0 Å². The summed E-state index contributed by atoms with van der Waals surface area (Å²) in [5, 5.41) is 0. The Morgan fingerprint density at radius 2 is 1.90 bits per heavy atom. The molecule has 1 aliphatic heterocycles. The van der Waals surface area contributed by atoms with Gasteiger partial charge >= 0.3 is 0 Å². The van der Waals surface area contributed by atoms with E-state index in [4.69, 9.17) is 0 Å². The van der Waals surface area contributed by atoms with Crippen molar-refractivity contribution in [1.82, 2.24) is 9.80 Å². The number of hydrogen-bond acceptors (Lipinski definition) is 1. The van der Waals surface area contributed by atoms with Crippen LogP contribution in [0.4, 0.5) is 0 Å². The average Bonchev–Trinajstić information content (AvgIpc) is 2.20. The standard InChI is InChI=1S/C7H13N3/c1-4-8-7-9(2)5-6-10(7)3/h4H,1,5-6H2,2-3H3. The van der Waals surface area contributed by atoms with Crippen LogP contribution in [0.1, 0.15) is 0 Å². The van der Waals surface area contributed by atoms with E-state index in [-0.39, 0.29) is 0 Å². The van der Waals surface area contributed by atoms with Crippen LogP contribution in [0.25, 0.3) is 0 Å². The number of hydrogen-bond donors (Lipinski definition) is 0. The molecule has 0 aromatic heterocycles. The summed E-state index contributed by atoms with van der Waals surface area (Å²) in [4.78, 5) is 8.34. The maximum Gasteiger partial charge on any atom is 0.200 e. The van der Waals surface area contributed by atoms with Gasteiger partial charge in [-0.3, -0.25) is 0 Å². The molecule has 1 rings (SSSR count). The van der Waals surface area contributed by atoms with Gasteiger partial charge in [-0.05, 0) is 0 Å². The van der Waals surface area contributed by atoms with Crippen molar-refractivity contribution in [3.8, 4) is 0 Å². The quantitative estimate of drug-likeness (QED) is 0.522. The highest BCUT2D eigenvalue weighted by atomic mass is 15.4. The molecule has 0 aliphatic carbocycles. The highest BCUT2D eigenvalue weighted by molar-refractivity contribution is 5.81. The Morgan fingerprint density at radius 3 is 2.30 bits per heavy atom.